The number of esters is 1. The van der Waals surface area contributed by atoms with E-state index in [9.17, 15) is 9.90 Å². The van der Waals surface area contributed by atoms with Gasteiger partial charge in [-0.15, -0.1) is 11.8 Å². The van der Waals surface area contributed by atoms with Crippen LogP contribution in [0.5, 0.6) is 0 Å². The monoisotopic (exact) mass is 316 g/mol. The predicted octanol–water partition coefficient (Wildman–Crippen LogP) is 3.69. The summed E-state index contributed by atoms with van der Waals surface area (Å²) in [5, 5.41) is 10.5. The largest absolute Gasteiger partial charge is 0.469 e. The minimum absolute atomic E-state index is 0.120. The molecule has 0 amide bonds. The van der Waals surface area contributed by atoms with Crippen molar-refractivity contribution in [1.29, 1.82) is 0 Å². The van der Waals surface area contributed by atoms with Crippen LogP contribution in [0.2, 0.25) is 0 Å². The summed E-state index contributed by atoms with van der Waals surface area (Å²) in [6, 6.07) is 19.1. The summed E-state index contributed by atoms with van der Waals surface area (Å²) in [5.41, 5.74) is 0.721. The highest BCUT2D eigenvalue weighted by Crippen LogP contribution is 2.35. The lowest BCUT2D eigenvalue weighted by Crippen LogP contribution is -2.31. The molecule has 4 heteroatoms. The van der Waals surface area contributed by atoms with Crippen molar-refractivity contribution < 1.29 is 14.6 Å². The first kappa shape index (κ1) is 16.6. The van der Waals surface area contributed by atoms with Crippen molar-refractivity contribution in [3.05, 3.63) is 66.2 Å². The number of methoxy groups -OCH3 is 1. The van der Waals surface area contributed by atoms with Crippen molar-refractivity contribution >= 4 is 17.7 Å². The first-order valence-corrected chi connectivity index (χ1v) is 8.04. The molecule has 0 heterocycles. The van der Waals surface area contributed by atoms with Crippen molar-refractivity contribution in [3.63, 3.8) is 0 Å². The Hall–Kier alpha value is -1.78. The molecule has 0 aliphatic carbocycles. The molecule has 1 N–H and O–H groups in total. The molecule has 1 unspecified atom stereocenters. The van der Waals surface area contributed by atoms with Gasteiger partial charge < -0.3 is 9.84 Å². The molecule has 2 rings (SSSR count). The average molecular weight is 316 g/mol. The molecule has 0 aliphatic rings. The summed E-state index contributed by atoms with van der Waals surface area (Å²) in [4.78, 5) is 13.2. The van der Waals surface area contributed by atoms with E-state index in [-0.39, 0.29) is 5.25 Å². The minimum atomic E-state index is -0.889. The molecule has 3 nitrogen and oxygen atoms in total. The number of aliphatic hydroxyl groups is 1. The lowest BCUT2D eigenvalue weighted by molar-refractivity contribution is -0.149. The van der Waals surface area contributed by atoms with E-state index >= 15 is 0 Å². The van der Waals surface area contributed by atoms with Gasteiger partial charge in [-0.05, 0) is 17.7 Å². The Kier molecular flexibility index (Phi) is 6.04. The fourth-order valence-corrected chi connectivity index (χ4v) is 3.51. The van der Waals surface area contributed by atoms with Gasteiger partial charge in [-0.1, -0.05) is 55.5 Å². The summed E-state index contributed by atoms with van der Waals surface area (Å²) in [7, 11) is 1.35. The Morgan fingerprint density at radius 3 is 2.14 bits per heavy atom. The Bertz CT molecular complexity index is 586. The van der Waals surface area contributed by atoms with Gasteiger partial charge in [-0.2, -0.15) is 0 Å². The molecule has 0 spiro atoms. The van der Waals surface area contributed by atoms with Crippen LogP contribution in [0.25, 0.3) is 0 Å². The highest BCUT2D eigenvalue weighted by atomic mass is 32.2. The van der Waals surface area contributed by atoms with Crippen molar-refractivity contribution in [1.82, 2.24) is 0 Å². The number of ether oxygens (including phenoxy) is 1. The van der Waals surface area contributed by atoms with Crippen LogP contribution in [0, 0.1) is 5.92 Å². The second-order valence-corrected chi connectivity index (χ2v) is 6.49. The van der Waals surface area contributed by atoms with Crippen LogP contribution < -0.4 is 0 Å². The fourth-order valence-electron chi connectivity index (χ4n) is 2.36. The molecule has 2 aromatic rings. The second kappa shape index (κ2) is 8.01. The topological polar surface area (TPSA) is 46.5 Å². The third-order valence-electron chi connectivity index (χ3n) is 3.53. The maximum absolute atomic E-state index is 12.2. The maximum Gasteiger partial charge on any atom is 0.312 e. The third kappa shape index (κ3) is 4.12. The molecule has 22 heavy (non-hydrogen) atoms. The number of hydrogen-bond donors (Lipinski definition) is 1. The standard InChI is InChI=1S/C18H20O3S/c1-13(22-15-11-7-4-8-12-15)16(18(20)21-2)17(19)14-9-5-3-6-10-14/h3-13,16-17,19H,1-2H3/t13-,16+,17?/m0/s1. The van der Waals surface area contributed by atoms with E-state index in [1.165, 1.54) is 7.11 Å². The first-order valence-electron chi connectivity index (χ1n) is 7.16. The quantitative estimate of drug-likeness (QED) is 0.652. The second-order valence-electron chi connectivity index (χ2n) is 5.04. The van der Waals surface area contributed by atoms with Crippen LogP contribution in [0.3, 0.4) is 0 Å². The molecule has 3 atom stereocenters. The smallest absolute Gasteiger partial charge is 0.312 e. The van der Waals surface area contributed by atoms with Gasteiger partial charge in [-0.3, -0.25) is 4.79 Å². The van der Waals surface area contributed by atoms with E-state index in [1.807, 2.05) is 67.6 Å². The van der Waals surface area contributed by atoms with Crippen LogP contribution >= 0.6 is 11.8 Å². The minimum Gasteiger partial charge on any atom is -0.469 e. The Labute approximate surface area is 135 Å². The normalized spacial score (nSPS) is 14.9. The van der Waals surface area contributed by atoms with E-state index < -0.39 is 18.0 Å². The Morgan fingerprint density at radius 2 is 1.59 bits per heavy atom. The van der Waals surface area contributed by atoms with Crippen molar-refractivity contribution in [2.24, 2.45) is 5.92 Å². The number of hydrogen-bond acceptors (Lipinski definition) is 4. The van der Waals surface area contributed by atoms with Crippen molar-refractivity contribution in [2.75, 3.05) is 7.11 Å². The first-order chi connectivity index (χ1) is 10.6. The van der Waals surface area contributed by atoms with Crippen molar-refractivity contribution in [3.8, 4) is 0 Å². The van der Waals surface area contributed by atoms with Gasteiger partial charge in [0.15, 0.2) is 0 Å². The fraction of sp³-hybridized carbons (Fsp3) is 0.278. The van der Waals surface area contributed by atoms with E-state index in [2.05, 4.69) is 0 Å². The predicted molar refractivity (Wildman–Crippen MR) is 88.7 cm³/mol. The van der Waals surface area contributed by atoms with Crippen LogP contribution in [-0.2, 0) is 9.53 Å². The van der Waals surface area contributed by atoms with Gasteiger partial charge in [0.05, 0.1) is 19.1 Å². The molecule has 0 saturated heterocycles. The number of carbonyl (C=O) groups is 1. The van der Waals surface area contributed by atoms with Crippen molar-refractivity contribution in [2.45, 2.75) is 23.2 Å². The summed E-state index contributed by atoms with van der Waals surface area (Å²) in [5.74, 6) is -1.02. The zero-order valence-corrected chi connectivity index (χ0v) is 13.5. The number of rotatable bonds is 6. The maximum atomic E-state index is 12.2. The third-order valence-corrected chi connectivity index (χ3v) is 4.73. The Morgan fingerprint density at radius 1 is 1.05 bits per heavy atom. The molecule has 116 valence electrons. The average Bonchev–Trinajstić information content (AvgIpc) is 2.56. The number of thioether (sulfide) groups is 1. The molecule has 0 saturated carbocycles. The Balaban J connectivity index is 2.20. The summed E-state index contributed by atoms with van der Waals surface area (Å²) in [6.45, 7) is 1.94. The molecule has 0 fully saturated rings. The highest BCUT2D eigenvalue weighted by molar-refractivity contribution is 8.00. The molecular formula is C18H20O3S. The summed E-state index contributed by atoms with van der Waals surface area (Å²) >= 11 is 1.56. The van der Waals surface area contributed by atoms with Gasteiger partial charge in [-0.25, -0.2) is 0 Å². The van der Waals surface area contributed by atoms with Crippen LogP contribution in [0.1, 0.15) is 18.6 Å². The van der Waals surface area contributed by atoms with Gasteiger partial charge >= 0.3 is 5.97 Å². The summed E-state index contributed by atoms with van der Waals surface area (Å²) < 4.78 is 4.90. The number of aliphatic hydroxyl groups excluding tert-OH is 1. The van der Waals surface area contributed by atoms with E-state index in [0.717, 1.165) is 10.5 Å². The van der Waals surface area contributed by atoms with E-state index in [0.29, 0.717) is 0 Å². The SMILES string of the molecule is COC(=O)[C@@H](C(O)c1ccccc1)[C@H](C)Sc1ccccc1. The van der Waals surface area contributed by atoms with E-state index in [1.54, 1.807) is 11.8 Å². The van der Waals surface area contributed by atoms with E-state index in [4.69, 9.17) is 4.74 Å². The lowest BCUT2D eigenvalue weighted by atomic mass is 9.93. The zero-order chi connectivity index (χ0) is 15.9. The van der Waals surface area contributed by atoms with Gasteiger partial charge in [0, 0.05) is 10.1 Å². The molecule has 0 radical (unpaired) electrons. The van der Waals surface area contributed by atoms with Crippen LogP contribution in [0.4, 0.5) is 0 Å². The van der Waals surface area contributed by atoms with Gasteiger partial charge in [0.2, 0.25) is 0 Å². The van der Waals surface area contributed by atoms with Crippen LogP contribution in [-0.4, -0.2) is 23.4 Å². The molecule has 0 aromatic heterocycles. The van der Waals surface area contributed by atoms with Crippen LogP contribution in [0.15, 0.2) is 65.6 Å². The molecule has 0 bridgehead atoms. The lowest BCUT2D eigenvalue weighted by Gasteiger charge is -2.26. The highest BCUT2D eigenvalue weighted by Gasteiger charge is 2.34. The number of carbonyl (C=O) groups excluding carboxylic acids is 1. The zero-order valence-electron chi connectivity index (χ0n) is 12.7. The van der Waals surface area contributed by atoms with Gasteiger partial charge in [0.25, 0.3) is 0 Å². The number of benzene rings is 2. The molecule has 2 aromatic carbocycles. The van der Waals surface area contributed by atoms with Gasteiger partial charge in [0.1, 0.15) is 0 Å². The molecular weight excluding hydrogens is 296 g/mol. The molecule has 0 aliphatic heterocycles. The summed E-state index contributed by atoms with van der Waals surface area (Å²) in [6.07, 6.45) is -0.889.